The van der Waals surface area contributed by atoms with Gasteiger partial charge < -0.3 is 15.0 Å². The average molecular weight is 354 g/mol. The van der Waals surface area contributed by atoms with Crippen LogP contribution < -0.4 is 10.2 Å². The predicted molar refractivity (Wildman–Crippen MR) is 98.6 cm³/mol. The van der Waals surface area contributed by atoms with Crippen LogP contribution in [0.25, 0.3) is 10.8 Å². The molecule has 1 N–H and O–H groups in total. The number of anilines is 1. The Morgan fingerprint density at radius 1 is 1.23 bits per heavy atom. The fourth-order valence-electron chi connectivity index (χ4n) is 3.30. The van der Waals surface area contributed by atoms with Gasteiger partial charge in [-0.2, -0.15) is 0 Å². The van der Waals surface area contributed by atoms with E-state index in [2.05, 4.69) is 10.1 Å². The molecule has 3 rings (SSSR count). The van der Waals surface area contributed by atoms with Crippen LogP contribution in [0, 0.1) is 5.92 Å². The number of ether oxygens (including phenoxy) is 1. The normalized spacial score (nSPS) is 18.0. The van der Waals surface area contributed by atoms with Gasteiger partial charge in [-0.25, -0.2) is 0 Å². The van der Waals surface area contributed by atoms with Gasteiger partial charge in [0.2, 0.25) is 11.8 Å². The van der Waals surface area contributed by atoms with E-state index in [1.54, 1.807) is 11.8 Å². The zero-order chi connectivity index (χ0) is 18.7. The van der Waals surface area contributed by atoms with E-state index in [4.69, 9.17) is 0 Å². The van der Waals surface area contributed by atoms with Crippen molar-refractivity contribution in [2.45, 2.75) is 25.8 Å². The third-order valence-corrected chi connectivity index (χ3v) is 4.64. The Balaban J connectivity index is 1.72. The third-order valence-electron chi connectivity index (χ3n) is 4.64. The van der Waals surface area contributed by atoms with Gasteiger partial charge in [0.1, 0.15) is 0 Å². The molecular weight excluding hydrogens is 332 g/mol. The standard InChI is InChI=1S/C20H22N2O4/c1-13(10-19(24)26-2)21-20(25)15-11-18(23)22(12-15)17-9-5-7-14-6-3-4-8-16(14)17/h3-9,13,15H,10-12H2,1-2H3,(H,21,25). The van der Waals surface area contributed by atoms with Gasteiger partial charge >= 0.3 is 5.97 Å². The first kappa shape index (κ1) is 17.9. The van der Waals surface area contributed by atoms with E-state index in [9.17, 15) is 14.4 Å². The number of methoxy groups -OCH3 is 1. The molecule has 1 heterocycles. The fraction of sp³-hybridized carbons (Fsp3) is 0.350. The molecule has 0 saturated carbocycles. The predicted octanol–water partition coefficient (Wildman–Crippen LogP) is 2.26. The largest absolute Gasteiger partial charge is 0.469 e. The van der Waals surface area contributed by atoms with Crippen LogP contribution in [0.3, 0.4) is 0 Å². The molecule has 26 heavy (non-hydrogen) atoms. The highest BCUT2D eigenvalue weighted by atomic mass is 16.5. The van der Waals surface area contributed by atoms with E-state index >= 15 is 0 Å². The Bertz CT molecular complexity index is 843. The van der Waals surface area contributed by atoms with Gasteiger partial charge in [0.05, 0.1) is 25.1 Å². The van der Waals surface area contributed by atoms with Gasteiger partial charge in [-0.3, -0.25) is 14.4 Å². The van der Waals surface area contributed by atoms with E-state index < -0.39 is 5.92 Å². The van der Waals surface area contributed by atoms with Crippen molar-refractivity contribution < 1.29 is 19.1 Å². The van der Waals surface area contributed by atoms with Gasteiger partial charge in [-0.05, 0) is 18.4 Å². The Morgan fingerprint density at radius 3 is 2.73 bits per heavy atom. The Labute approximate surface area is 152 Å². The lowest BCUT2D eigenvalue weighted by atomic mass is 10.1. The minimum absolute atomic E-state index is 0.0675. The second-order valence-electron chi connectivity index (χ2n) is 6.59. The topological polar surface area (TPSA) is 75.7 Å². The minimum Gasteiger partial charge on any atom is -0.469 e. The molecule has 1 fully saturated rings. The maximum atomic E-state index is 12.5. The highest BCUT2D eigenvalue weighted by Gasteiger charge is 2.36. The van der Waals surface area contributed by atoms with E-state index in [-0.39, 0.29) is 36.7 Å². The van der Waals surface area contributed by atoms with Crippen LogP contribution in [0.2, 0.25) is 0 Å². The summed E-state index contributed by atoms with van der Waals surface area (Å²) >= 11 is 0. The monoisotopic (exact) mass is 354 g/mol. The molecule has 1 aliphatic rings. The molecule has 2 unspecified atom stereocenters. The number of esters is 1. The second kappa shape index (κ2) is 7.56. The average Bonchev–Trinajstić information content (AvgIpc) is 3.02. The summed E-state index contributed by atoms with van der Waals surface area (Å²) in [7, 11) is 1.31. The van der Waals surface area contributed by atoms with Crippen LogP contribution in [0.1, 0.15) is 19.8 Å². The molecule has 6 nitrogen and oxygen atoms in total. The van der Waals surface area contributed by atoms with Crippen molar-refractivity contribution in [3.8, 4) is 0 Å². The second-order valence-corrected chi connectivity index (χ2v) is 6.59. The van der Waals surface area contributed by atoms with Crippen molar-refractivity contribution in [1.82, 2.24) is 5.32 Å². The van der Waals surface area contributed by atoms with Crippen molar-refractivity contribution >= 4 is 34.2 Å². The maximum absolute atomic E-state index is 12.5. The number of fused-ring (bicyclic) bond motifs is 1. The molecule has 136 valence electrons. The summed E-state index contributed by atoms with van der Waals surface area (Å²) in [6.07, 6.45) is 0.274. The summed E-state index contributed by atoms with van der Waals surface area (Å²) in [5, 5.41) is 4.84. The molecule has 1 aliphatic heterocycles. The minimum atomic E-state index is -0.429. The van der Waals surface area contributed by atoms with Crippen LogP contribution >= 0.6 is 0 Å². The Morgan fingerprint density at radius 2 is 1.96 bits per heavy atom. The number of hydrogen-bond acceptors (Lipinski definition) is 4. The van der Waals surface area contributed by atoms with Gasteiger partial charge in [0.15, 0.2) is 0 Å². The first-order valence-electron chi connectivity index (χ1n) is 8.65. The third kappa shape index (κ3) is 3.69. The molecule has 0 bridgehead atoms. The molecule has 0 radical (unpaired) electrons. The summed E-state index contributed by atoms with van der Waals surface area (Å²) in [5.41, 5.74) is 0.825. The van der Waals surface area contributed by atoms with E-state index in [0.29, 0.717) is 6.54 Å². The number of hydrogen-bond donors (Lipinski definition) is 1. The summed E-state index contributed by atoms with van der Waals surface area (Å²) in [4.78, 5) is 38.0. The molecule has 2 amide bonds. The van der Waals surface area contributed by atoms with E-state index in [0.717, 1.165) is 16.5 Å². The van der Waals surface area contributed by atoms with E-state index in [1.807, 2.05) is 42.5 Å². The highest BCUT2D eigenvalue weighted by molar-refractivity contribution is 6.07. The molecular formula is C20H22N2O4. The lowest BCUT2D eigenvalue weighted by Crippen LogP contribution is -2.39. The van der Waals surface area contributed by atoms with Crippen LogP contribution in [-0.4, -0.2) is 37.5 Å². The van der Waals surface area contributed by atoms with Gasteiger partial charge in [-0.1, -0.05) is 36.4 Å². The first-order chi connectivity index (χ1) is 12.5. The van der Waals surface area contributed by atoms with Crippen molar-refractivity contribution in [3.63, 3.8) is 0 Å². The van der Waals surface area contributed by atoms with Gasteiger partial charge in [0, 0.05) is 24.4 Å². The molecule has 1 saturated heterocycles. The number of benzene rings is 2. The SMILES string of the molecule is COC(=O)CC(C)NC(=O)C1CC(=O)N(c2cccc3ccccc23)C1. The number of nitrogens with zero attached hydrogens (tertiary/aromatic N) is 1. The molecule has 2 aromatic rings. The van der Waals surface area contributed by atoms with E-state index in [1.165, 1.54) is 7.11 Å². The number of carbonyl (C=O) groups excluding carboxylic acids is 3. The summed E-state index contributed by atoms with van der Waals surface area (Å²) in [6, 6.07) is 13.3. The molecule has 0 spiro atoms. The molecule has 2 atom stereocenters. The lowest BCUT2D eigenvalue weighted by molar-refractivity contribution is -0.141. The van der Waals surface area contributed by atoms with Crippen molar-refractivity contribution in [2.75, 3.05) is 18.6 Å². The number of rotatable bonds is 5. The van der Waals surface area contributed by atoms with Crippen LogP contribution in [0.15, 0.2) is 42.5 Å². The zero-order valence-corrected chi connectivity index (χ0v) is 14.9. The van der Waals surface area contributed by atoms with Crippen molar-refractivity contribution in [2.24, 2.45) is 5.92 Å². The highest BCUT2D eigenvalue weighted by Crippen LogP contribution is 2.31. The zero-order valence-electron chi connectivity index (χ0n) is 14.9. The molecule has 0 aliphatic carbocycles. The molecule has 2 aromatic carbocycles. The van der Waals surface area contributed by atoms with Crippen LogP contribution in [0.5, 0.6) is 0 Å². The number of amides is 2. The van der Waals surface area contributed by atoms with Gasteiger partial charge in [0.25, 0.3) is 0 Å². The van der Waals surface area contributed by atoms with Crippen LogP contribution in [-0.2, 0) is 19.1 Å². The van der Waals surface area contributed by atoms with Crippen molar-refractivity contribution in [3.05, 3.63) is 42.5 Å². The number of nitrogens with one attached hydrogen (secondary N) is 1. The molecule has 6 heteroatoms. The maximum Gasteiger partial charge on any atom is 0.307 e. The Hall–Kier alpha value is -2.89. The fourth-order valence-corrected chi connectivity index (χ4v) is 3.30. The van der Waals surface area contributed by atoms with Gasteiger partial charge in [-0.15, -0.1) is 0 Å². The summed E-state index contributed by atoms with van der Waals surface area (Å²) < 4.78 is 4.61. The summed E-state index contributed by atoms with van der Waals surface area (Å²) in [6.45, 7) is 2.08. The summed E-state index contributed by atoms with van der Waals surface area (Å²) in [5.74, 6) is -1.08. The number of carbonyl (C=O) groups is 3. The molecule has 0 aromatic heterocycles. The lowest BCUT2D eigenvalue weighted by Gasteiger charge is -2.19. The quantitative estimate of drug-likeness (QED) is 0.836. The Kier molecular flexibility index (Phi) is 5.21. The van der Waals surface area contributed by atoms with Crippen molar-refractivity contribution in [1.29, 1.82) is 0 Å². The smallest absolute Gasteiger partial charge is 0.307 e. The first-order valence-corrected chi connectivity index (χ1v) is 8.65. The van der Waals surface area contributed by atoms with Crippen LogP contribution in [0.4, 0.5) is 5.69 Å².